The van der Waals surface area contributed by atoms with Gasteiger partial charge in [0.05, 0.1) is 10.7 Å². The van der Waals surface area contributed by atoms with Gasteiger partial charge in [0.15, 0.2) is 0 Å². The zero-order valence-electron chi connectivity index (χ0n) is 9.54. The van der Waals surface area contributed by atoms with Gasteiger partial charge in [-0.25, -0.2) is 0 Å². The first kappa shape index (κ1) is 12.1. The van der Waals surface area contributed by atoms with Crippen molar-refractivity contribution in [3.63, 3.8) is 0 Å². The number of aldehydes is 1. The molecule has 2 nitrogen and oxygen atoms in total. The minimum atomic E-state index is 0.00629. The summed E-state index contributed by atoms with van der Waals surface area (Å²) in [5.74, 6) is 0. The number of rotatable bonds is 2. The molecule has 0 radical (unpaired) electrons. The second kappa shape index (κ2) is 4.23. The van der Waals surface area contributed by atoms with Gasteiger partial charge in [-0.1, -0.05) is 11.6 Å². The molecule has 0 bridgehead atoms. The second-order valence-corrected chi connectivity index (χ2v) is 4.97. The lowest BCUT2D eigenvalue weighted by molar-refractivity contribution is 0.112. The fraction of sp³-hybridized carbons (Fsp3) is 0.417. The van der Waals surface area contributed by atoms with Crippen LogP contribution < -0.4 is 4.90 Å². The van der Waals surface area contributed by atoms with Gasteiger partial charge in [-0.2, -0.15) is 0 Å². The molecule has 0 heterocycles. The molecule has 0 aliphatic rings. The van der Waals surface area contributed by atoms with Crippen molar-refractivity contribution in [2.24, 2.45) is 0 Å². The molecule has 3 heteroatoms. The minimum absolute atomic E-state index is 0.00629. The van der Waals surface area contributed by atoms with Crippen LogP contribution in [0.3, 0.4) is 0 Å². The molecule has 1 rings (SSSR count). The normalized spacial score (nSPS) is 11.3. The number of hydrogen-bond acceptors (Lipinski definition) is 2. The molecule has 0 aromatic heterocycles. The predicted octanol–water partition coefficient (Wildman–Crippen LogP) is 3.39. The summed E-state index contributed by atoms with van der Waals surface area (Å²) in [6.07, 6.45) is 0.798. The monoisotopic (exact) mass is 225 g/mol. The standard InChI is InChI=1S/C12H16ClNO/c1-12(2,3)14(4)11-6-5-9(8-15)7-10(11)13/h5-8H,1-4H3. The molecule has 0 unspecified atom stereocenters. The molecule has 0 saturated carbocycles. The van der Waals surface area contributed by atoms with Crippen LogP contribution in [0.5, 0.6) is 0 Å². The first-order valence-electron chi connectivity index (χ1n) is 4.85. The number of nitrogens with zero attached hydrogens (tertiary/aromatic N) is 1. The molecule has 0 N–H and O–H groups in total. The van der Waals surface area contributed by atoms with Crippen LogP contribution in [0.1, 0.15) is 31.1 Å². The van der Waals surface area contributed by atoms with E-state index in [9.17, 15) is 4.79 Å². The maximum Gasteiger partial charge on any atom is 0.150 e. The molecule has 0 amide bonds. The summed E-state index contributed by atoms with van der Waals surface area (Å²) in [7, 11) is 1.99. The Balaban J connectivity index is 3.11. The molecule has 82 valence electrons. The van der Waals surface area contributed by atoms with E-state index in [-0.39, 0.29) is 5.54 Å². The third-order valence-electron chi connectivity index (χ3n) is 2.48. The van der Waals surface area contributed by atoms with Crippen molar-refractivity contribution < 1.29 is 4.79 Å². The lowest BCUT2D eigenvalue weighted by Gasteiger charge is -2.34. The third-order valence-corrected chi connectivity index (χ3v) is 2.78. The van der Waals surface area contributed by atoms with E-state index in [0.29, 0.717) is 10.6 Å². The lowest BCUT2D eigenvalue weighted by atomic mass is 10.1. The minimum Gasteiger partial charge on any atom is -0.369 e. The SMILES string of the molecule is CN(c1ccc(C=O)cc1Cl)C(C)(C)C. The largest absolute Gasteiger partial charge is 0.369 e. The number of carbonyl (C=O) groups excluding carboxylic acids is 1. The molecular formula is C12H16ClNO. The quantitative estimate of drug-likeness (QED) is 0.720. The second-order valence-electron chi connectivity index (χ2n) is 4.56. The Morgan fingerprint density at radius 3 is 2.33 bits per heavy atom. The smallest absolute Gasteiger partial charge is 0.150 e. The maximum absolute atomic E-state index is 10.6. The van der Waals surface area contributed by atoms with E-state index in [4.69, 9.17) is 11.6 Å². The van der Waals surface area contributed by atoms with Gasteiger partial charge in [0.25, 0.3) is 0 Å². The van der Waals surface area contributed by atoms with Crippen molar-refractivity contribution in [1.82, 2.24) is 0 Å². The van der Waals surface area contributed by atoms with Crippen molar-refractivity contribution >= 4 is 23.6 Å². The average Bonchev–Trinajstić information content (AvgIpc) is 2.15. The molecule has 0 saturated heterocycles. The summed E-state index contributed by atoms with van der Waals surface area (Å²) in [5, 5.41) is 0.608. The van der Waals surface area contributed by atoms with E-state index < -0.39 is 0 Å². The van der Waals surface area contributed by atoms with Crippen molar-refractivity contribution in [3.05, 3.63) is 28.8 Å². The van der Waals surface area contributed by atoms with Crippen LogP contribution in [0.2, 0.25) is 5.02 Å². The van der Waals surface area contributed by atoms with E-state index in [1.54, 1.807) is 12.1 Å². The van der Waals surface area contributed by atoms with Crippen molar-refractivity contribution in [3.8, 4) is 0 Å². The van der Waals surface area contributed by atoms with Crippen LogP contribution in [0.15, 0.2) is 18.2 Å². The highest BCUT2D eigenvalue weighted by atomic mass is 35.5. The van der Waals surface area contributed by atoms with Crippen LogP contribution in [-0.2, 0) is 0 Å². The Labute approximate surface area is 95.8 Å². The number of carbonyl (C=O) groups is 1. The first-order chi connectivity index (χ1) is 6.86. The van der Waals surface area contributed by atoms with Crippen molar-refractivity contribution in [2.45, 2.75) is 26.3 Å². The summed E-state index contributed by atoms with van der Waals surface area (Å²) in [5.41, 5.74) is 1.55. The average molecular weight is 226 g/mol. The highest BCUT2D eigenvalue weighted by Crippen LogP contribution is 2.29. The van der Waals surface area contributed by atoms with E-state index in [1.165, 1.54) is 0 Å². The topological polar surface area (TPSA) is 20.3 Å². The Bertz CT molecular complexity index is 368. The Morgan fingerprint density at radius 2 is 1.93 bits per heavy atom. The van der Waals surface area contributed by atoms with E-state index in [1.807, 2.05) is 13.1 Å². The first-order valence-corrected chi connectivity index (χ1v) is 5.22. The zero-order valence-corrected chi connectivity index (χ0v) is 10.3. The predicted molar refractivity (Wildman–Crippen MR) is 65.0 cm³/mol. The number of benzene rings is 1. The summed E-state index contributed by atoms with van der Waals surface area (Å²) in [6, 6.07) is 5.33. The lowest BCUT2D eigenvalue weighted by Crippen LogP contribution is -2.38. The molecule has 15 heavy (non-hydrogen) atoms. The summed E-state index contributed by atoms with van der Waals surface area (Å²) in [6.45, 7) is 6.32. The van der Waals surface area contributed by atoms with Gasteiger partial charge in [0, 0.05) is 18.2 Å². The molecule has 0 aliphatic carbocycles. The highest BCUT2D eigenvalue weighted by molar-refractivity contribution is 6.33. The van der Waals surface area contributed by atoms with Gasteiger partial charge in [0.2, 0.25) is 0 Å². The third kappa shape index (κ3) is 2.72. The van der Waals surface area contributed by atoms with Crippen LogP contribution in [0, 0.1) is 0 Å². The molecule has 0 aliphatic heterocycles. The van der Waals surface area contributed by atoms with Gasteiger partial charge < -0.3 is 4.90 Å². The Hall–Kier alpha value is -1.02. The molecule has 0 spiro atoms. The van der Waals surface area contributed by atoms with Gasteiger partial charge in [0.1, 0.15) is 6.29 Å². The van der Waals surface area contributed by atoms with Crippen LogP contribution >= 0.6 is 11.6 Å². The summed E-state index contributed by atoms with van der Waals surface area (Å²) < 4.78 is 0. The maximum atomic E-state index is 10.6. The van der Waals surface area contributed by atoms with E-state index in [0.717, 1.165) is 12.0 Å². The van der Waals surface area contributed by atoms with E-state index >= 15 is 0 Å². The van der Waals surface area contributed by atoms with Crippen LogP contribution in [0.25, 0.3) is 0 Å². The summed E-state index contributed by atoms with van der Waals surface area (Å²) in [4.78, 5) is 12.7. The summed E-state index contributed by atoms with van der Waals surface area (Å²) >= 11 is 6.11. The Kier molecular flexibility index (Phi) is 3.40. The van der Waals surface area contributed by atoms with Gasteiger partial charge in [-0.15, -0.1) is 0 Å². The van der Waals surface area contributed by atoms with Crippen molar-refractivity contribution in [2.75, 3.05) is 11.9 Å². The molecule has 1 aromatic rings. The highest BCUT2D eigenvalue weighted by Gasteiger charge is 2.19. The van der Waals surface area contributed by atoms with Gasteiger partial charge in [-0.05, 0) is 39.0 Å². The van der Waals surface area contributed by atoms with Gasteiger partial charge in [-0.3, -0.25) is 4.79 Å². The fourth-order valence-electron chi connectivity index (χ4n) is 1.23. The molecular weight excluding hydrogens is 210 g/mol. The number of halogens is 1. The fourth-order valence-corrected chi connectivity index (χ4v) is 1.55. The zero-order chi connectivity index (χ0) is 11.6. The molecule has 1 aromatic carbocycles. The van der Waals surface area contributed by atoms with Crippen molar-refractivity contribution in [1.29, 1.82) is 0 Å². The van der Waals surface area contributed by atoms with E-state index in [2.05, 4.69) is 25.7 Å². The number of anilines is 1. The van der Waals surface area contributed by atoms with Crippen LogP contribution in [-0.4, -0.2) is 18.9 Å². The number of hydrogen-bond donors (Lipinski definition) is 0. The Morgan fingerprint density at radius 1 is 1.33 bits per heavy atom. The van der Waals surface area contributed by atoms with Gasteiger partial charge >= 0.3 is 0 Å². The molecule has 0 fully saturated rings. The molecule has 0 atom stereocenters. The van der Waals surface area contributed by atoms with Crippen LogP contribution in [0.4, 0.5) is 5.69 Å².